The van der Waals surface area contributed by atoms with Gasteiger partial charge in [0, 0.05) is 6.54 Å². The van der Waals surface area contributed by atoms with Crippen molar-refractivity contribution in [2.24, 2.45) is 5.73 Å². The van der Waals surface area contributed by atoms with Gasteiger partial charge >= 0.3 is 0 Å². The highest BCUT2D eigenvalue weighted by atomic mass is 19.1. The zero-order valence-electron chi connectivity index (χ0n) is 14.9. The molecule has 0 saturated carbocycles. The van der Waals surface area contributed by atoms with Gasteiger partial charge in [0.1, 0.15) is 11.6 Å². The van der Waals surface area contributed by atoms with Crippen molar-refractivity contribution in [2.75, 3.05) is 0 Å². The van der Waals surface area contributed by atoms with Crippen molar-refractivity contribution in [3.05, 3.63) is 93.4 Å². The van der Waals surface area contributed by atoms with E-state index in [0.717, 1.165) is 5.56 Å². The van der Waals surface area contributed by atoms with Gasteiger partial charge in [-0.3, -0.25) is 9.59 Å². The second-order valence-electron chi connectivity index (χ2n) is 6.25. The molecule has 1 aromatic heterocycles. The van der Waals surface area contributed by atoms with Crippen LogP contribution in [0.1, 0.15) is 33.5 Å². The summed E-state index contributed by atoms with van der Waals surface area (Å²) in [5, 5.41) is 12.5. The third-order valence-electron chi connectivity index (χ3n) is 4.14. The summed E-state index contributed by atoms with van der Waals surface area (Å²) in [4.78, 5) is 30.9. The lowest BCUT2D eigenvalue weighted by molar-refractivity contribution is 0.0942. The molecule has 8 heteroatoms. The summed E-state index contributed by atoms with van der Waals surface area (Å²) in [5.41, 5.74) is 6.44. The Morgan fingerprint density at radius 3 is 2.50 bits per heavy atom. The molecular formula is C20H19FN4O3. The Hall–Kier alpha value is -3.52. The third-order valence-corrected chi connectivity index (χ3v) is 4.14. The van der Waals surface area contributed by atoms with Crippen molar-refractivity contribution in [3.63, 3.8) is 0 Å². The second kappa shape index (κ2) is 8.45. The van der Waals surface area contributed by atoms with Crippen molar-refractivity contribution in [1.82, 2.24) is 15.3 Å². The van der Waals surface area contributed by atoms with Crippen LogP contribution in [-0.2, 0) is 13.0 Å². The van der Waals surface area contributed by atoms with Gasteiger partial charge in [-0.2, -0.15) is 0 Å². The second-order valence-corrected chi connectivity index (χ2v) is 6.25. The number of carbonyl (C=O) groups excluding carboxylic acids is 1. The summed E-state index contributed by atoms with van der Waals surface area (Å²) in [6.45, 7) is 0.0818. The van der Waals surface area contributed by atoms with Crippen LogP contribution < -0.4 is 16.6 Å². The molecule has 0 bridgehead atoms. The predicted octanol–water partition coefficient (Wildman–Crippen LogP) is 1.79. The van der Waals surface area contributed by atoms with Crippen LogP contribution in [0, 0.1) is 5.82 Å². The van der Waals surface area contributed by atoms with E-state index in [9.17, 15) is 19.1 Å². The zero-order valence-corrected chi connectivity index (χ0v) is 14.9. The van der Waals surface area contributed by atoms with Crippen molar-refractivity contribution in [1.29, 1.82) is 0 Å². The molecule has 3 rings (SSSR count). The van der Waals surface area contributed by atoms with E-state index in [2.05, 4.69) is 15.3 Å². The number of rotatable bonds is 6. The van der Waals surface area contributed by atoms with Gasteiger partial charge in [0.2, 0.25) is 5.75 Å². The lowest BCUT2D eigenvalue weighted by Gasteiger charge is -2.13. The standard InChI is InChI=1S/C20H19FN4O3/c21-14-8-6-13(7-9-14)11-23-19(27)16-17(26)20(28)25-18(24-16)15(22)10-12-4-2-1-3-5-12/h1-9,15,26H,10-11,22H2,(H,23,27)(H,24,25,28). The van der Waals surface area contributed by atoms with Crippen LogP contribution in [0.4, 0.5) is 4.39 Å². The van der Waals surface area contributed by atoms with Gasteiger partial charge < -0.3 is 21.1 Å². The topological polar surface area (TPSA) is 121 Å². The Morgan fingerprint density at radius 1 is 1.14 bits per heavy atom. The van der Waals surface area contributed by atoms with Gasteiger partial charge in [0.05, 0.1) is 6.04 Å². The normalized spacial score (nSPS) is 11.8. The van der Waals surface area contributed by atoms with E-state index in [1.165, 1.54) is 24.3 Å². The van der Waals surface area contributed by atoms with Crippen LogP contribution in [-0.4, -0.2) is 21.0 Å². The molecule has 1 amide bonds. The maximum absolute atomic E-state index is 12.9. The molecule has 0 aliphatic carbocycles. The summed E-state index contributed by atoms with van der Waals surface area (Å²) < 4.78 is 12.9. The molecule has 5 N–H and O–H groups in total. The van der Waals surface area contributed by atoms with E-state index in [4.69, 9.17) is 5.73 Å². The quantitative estimate of drug-likeness (QED) is 0.518. The van der Waals surface area contributed by atoms with Crippen molar-refractivity contribution in [2.45, 2.75) is 19.0 Å². The molecule has 0 spiro atoms. The average Bonchev–Trinajstić information content (AvgIpc) is 2.70. The van der Waals surface area contributed by atoms with Crippen molar-refractivity contribution < 1.29 is 14.3 Å². The Kier molecular flexibility index (Phi) is 5.81. The molecule has 0 radical (unpaired) electrons. The Labute approximate surface area is 160 Å². The first kappa shape index (κ1) is 19.2. The van der Waals surface area contributed by atoms with Gasteiger partial charge in [0.15, 0.2) is 5.69 Å². The number of H-pyrrole nitrogens is 1. The van der Waals surface area contributed by atoms with Crippen LogP contribution in [0.15, 0.2) is 59.4 Å². The fourth-order valence-electron chi connectivity index (χ4n) is 2.65. The third kappa shape index (κ3) is 4.60. The van der Waals surface area contributed by atoms with Crippen LogP contribution in [0.5, 0.6) is 5.75 Å². The van der Waals surface area contributed by atoms with Gasteiger partial charge in [-0.15, -0.1) is 0 Å². The Balaban J connectivity index is 1.77. The number of nitrogens with zero attached hydrogens (tertiary/aromatic N) is 1. The number of nitrogens with one attached hydrogen (secondary N) is 2. The monoisotopic (exact) mass is 382 g/mol. The highest BCUT2D eigenvalue weighted by Gasteiger charge is 2.20. The number of aromatic amines is 1. The number of hydrogen-bond donors (Lipinski definition) is 4. The lowest BCUT2D eigenvalue weighted by Crippen LogP contribution is -2.29. The Bertz CT molecular complexity index is 1020. The Morgan fingerprint density at radius 2 is 1.82 bits per heavy atom. The lowest BCUT2D eigenvalue weighted by atomic mass is 10.1. The van der Waals surface area contributed by atoms with Gasteiger partial charge in [0.25, 0.3) is 11.5 Å². The number of nitrogens with two attached hydrogens (primary N) is 1. The molecule has 2 aromatic carbocycles. The largest absolute Gasteiger partial charge is 0.501 e. The summed E-state index contributed by atoms with van der Waals surface area (Å²) >= 11 is 0. The molecule has 144 valence electrons. The maximum atomic E-state index is 12.9. The number of hydrogen-bond acceptors (Lipinski definition) is 5. The van der Waals surface area contributed by atoms with E-state index in [1.54, 1.807) is 0 Å². The molecule has 1 heterocycles. The number of halogens is 1. The molecule has 3 aromatic rings. The summed E-state index contributed by atoms with van der Waals surface area (Å²) in [6, 6.07) is 14.3. The fraction of sp³-hybridized carbons (Fsp3) is 0.150. The van der Waals surface area contributed by atoms with Crippen molar-refractivity contribution in [3.8, 4) is 5.75 Å². The van der Waals surface area contributed by atoms with Crippen LogP contribution >= 0.6 is 0 Å². The molecule has 0 aliphatic heterocycles. The van der Waals surface area contributed by atoms with E-state index in [1.807, 2.05) is 30.3 Å². The minimum atomic E-state index is -0.847. The fourth-order valence-corrected chi connectivity index (χ4v) is 2.65. The smallest absolute Gasteiger partial charge is 0.293 e. The minimum absolute atomic E-state index is 0.0818. The molecule has 0 aliphatic rings. The summed E-state index contributed by atoms with van der Waals surface area (Å²) in [5.74, 6) is -1.81. The minimum Gasteiger partial charge on any atom is -0.501 e. The number of aromatic hydroxyl groups is 1. The van der Waals surface area contributed by atoms with Crippen LogP contribution in [0.2, 0.25) is 0 Å². The van der Waals surface area contributed by atoms with Gasteiger partial charge in [-0.25, -0.2) is 9.37 Å². The molecule has 1 unspecified atom stereocenters. The maximum Gasteiger partial charge on any atom is 0.293 e. The molecule has 0 saturated heterocycles. The number of benzene rings is 2. The van der Waals surface area contributed by atoms with E-state index in [0.29, 0.717) is 12.0 Å². The molecule has 0 fully saturated rings. The van der Waals surface area contributed by atoms with Crippen LogP contribution in [0.25, 0.3) is 0 Å². The first-order valence-corrected chi connectivity index (χ1v) is 8.59. The highest BCUT2D eigenvalue weighted by Crippen LogP contribution is 2.15. The van der Waals surface area contributed by atoms with E-state index >= 15 is 0 Å². The average molecular weight is 382 g/mol. The molecule has 7 nitrogen and oxygen atoms in total. The summed E-state index contributed by atoms with van der Waals surface area (Å²) in [7, 11) is 0. The number of amides is 1. The summed E-state index contributed by atoms with van der Waals surface area (Å²) in [6.07, 6.45) is 0.394. The molecule has 1 atom stereocenters. The number of aromatic nitrogens is 2. The molecule has 28 heavy (non-hydrogen) atoms. The van der Waals surface area contributed by atoms with E-state index < -0.39 is 29.0 Å². The van der Waals surface area contributed by atoms with Gasteiger partial charge in [-0.1, -0.05) is 42.5 Å². The molecular weight excluding hydrogens is 363 g/mol. The predicted molar refractivity (Wildman–Crippen MR) is 101 cm³/mol. The van der Waals surface area contributed by atoms with Crippen molar-refractivity contribution >= 4 is 5.91 Å². The van der Waals surface area contributed by atoms with Gasteiger partial charge in [-0.05, 0) is 29.7 Å². The zero-order chi connectivity index (χ0) is 20.1. The van der Waals surface area contributed by atoms with Crippen LogP contribution in [0.3, 0.4) is 0 Å². The SMILES string of the molecule is NC(Cc1ccccc1)c1nc(C(=O)NCc2ccc(F)cc2)c(O)c(=O)[nH]1. The highest BCUT2D eigenvalue weighted by molar-refractivity contribution is 5.94. The first-order chi connectivity index (χ1) is 13.4. The number of carbonyl (C=O) groups is 1. The first-order valence-electron chi connectivity index (χ1n) is 8.59. The van der Waals surface area contributed by atoms with E-state index in [-0.39, 0.29) is 18.2 Å².